The van der Waals surface area contributed by atoms with Crippen molar-refractivity contribution in [2.24, 2.45) is 0 Å². The first kappa shape index (κ1) is 24.0. The zero-order valence-electron chi connectivity index (χ0n) is 17.5. The van der Waals surface area contributed by atoms with Gasteiger partial charge < -0.3 is 15.0 Å². The SMILES string of the molecule is CC[C@@H](C)NC(=O)[C@H](CC)N(Cc1ccccc1Cl)C(=O)COc1ccccc1Cl. The van der Waals surface area contributed by atoms with E-state index in [-0.39, 0.29) is 31.0 Å². The molecule has 0 aromatic heterocycles. The number of rotatable bonds is 10. The van der Waals surface area contributed by atoms with E-state index in [1.54, 1.807) is 30.3 Å². The number of halogens is 2. The topological polar surface area (TPSA) is 58.6 Å². The van der Waals surface area contributed by atoms with Gasteiger partial charge in [-0.05, 0) is 43.5 Å². The zero-order valence-corrected chi connectivity index (χ0v) is 19.0. The minimum atomic E-state index is -0.641. The molecule has 0 unspecified atom stereocenters. The largest absolute Gasteiger partial charge is 0.482 e. The summed E-state index contributed by atoms with van der Waals surface area (Å²) in [5.41, 5.74) is 0.764. The molecule has 0 heterocycles. The van der Waals surface area contributed by atoms with E-state index >= 15 is 0 Å². The van der Waals surface area contributed by atoms with E-state index in [9.17, 15) is 9.59 Å². The number of carbonyl (C=O) groups excluding carboxylic acids is 2. The van der Waals surface area contributed by atoms with E-state index in [1.165, 1.54) is 4.90 Å². The van der Waals surface area contributed by atoms with E-state index in [1.807, 2.05) is 39.0 Å². The number of hydrogen-bond acceptors (Lipinski definition) is 3. The standard InChI is InChI=1S/C23H28Cl2N2O3/c1-4-16(3)26-23(29)20(5-2)27(14-17-10-6-7-11-18(17)24)22(28)15-30-21-13-9-8-12-19(21)25/h6-13,16,20H,4-5,14-15H2,1-3H3,(H,26,29)/t16-,20+/m1/s1. The van der Waals surface area contributed by atoms with Gasteiger partial charge in [0.1, 0.15) is 11.8 Å². The second-order valence-corrected chi connectivity index (χ2v) is 7.89. The van der Waals surface area contributed by atoms with E-state index < -0.39 is 6.04 Å². The third-order valence-electron chi connectivity index (χ3n) is 4.87. The molecule has 162 valence electrons. The second-order valence-electron chi connectivity index (χ2n) is 7.07. The maximum Gasteiger partial charge on any atom is 0.261 e. The summed E-state index contributed by atoms with van der Waals surface area (Å²) in [7, 11) is 0. The van der Waals surface area contributed by atoms with Gasteiger partial charge in [-0.1, -0.05) is 67.4 Å². The molecule has 1 N–H and O–H groups in total. The lowest BCUT2D eigenvalue weighted by atomic mass is 10.1. The Kier molecular flexibility index (Phi) is 9.47. The van der Waals surface area contributed by atoms with Crippen LogP contribution in [0.3, 0.4) is 0 Å². The van der Waals surface area contributed by atoms with Crippen LogP contribution >= 0.6 is 23.2 Å². The van der Waals surface area contributed by atoms with Gasteiger partial charge in [-0.2, -0.15) is 0 Å². The smallest absolute Gasteiger partial charge is 0.261 e. The van der Waals surface area contributed by atoms with Gasteiger partial charge in [0, 0.05) is 17.6 Å². The summed E-state index contributed by atoms with van der Waals surface area (Å²) in [6.07, 6.45) is 1.26. The third kappa shape index (κ3) is 6.64. The van der Waals surface area contributed by atoms with Crippen molar-refractivity contribution in [3.63, 3.8) is 0 Å². The summed E-state index contributed by atoms with van der Waals surface area (Å²) in [4.78, 5) is 27.6. The molecule has 0 fully saturated rings. The maximum absolute atomic E-state index is 13.1. The number of amides is 2. The lowest BCUT2D eigenvalue weighted by molar-refractivity contribution is -0.143. The fourth-order valence-electron chi connectivity index (χ4n) is 2.95. The van der Waals surface area contributed by atoms with Crippen molar-refractivity contribution in [3.8, 4) is 5.75 Å². The highest BCUT2D eigenvalue weighted by atomic mass is 35.5. The number of ether oxygens (including phenoxy) is 1. The van der Waals surface area contributed by atoms with Crippen molar-refractivity contribution in [1.29, 1.82) is 0 Å². The van der Waals surface area contributed by atoms with Crippen LogP contribution in [0.25, 0.3) is 0 Å². The number of hydrogen-bond donors (Lipinski definition) is 1. The Bertz CT molecular complexity index is 860. The van der Waals surface area contributed by atoms with E-state index in [0.717, 1.165) is 12.0 Å². The second kappa shape index (κ2) is 11.8. The molecule has 2 aromatic rings. The van der Waals surface area contributed by atoms with Crippen molar-refractivity contribution in [2.75, 3.05) is 6.61 Å². The molecule has 0 aliphatic rings. The number of benzene rings is 2. The van der Waals surface area contributed by atoms with Gasteiger partial charge in [0.05, 0.1) is 5.02 Å². The van der Waals surface area contributed by atoms with Crippen LogP contribution in [-0.4, -0.2) is 35.4 Å². The summed E-state index contributed by atoms with van der Waals surface area (Å²) >= 11 is 12.4. The highest BCUT2D eigenvalue weighted by Gasteiger charge is 2.30. The van der Waals surface area contributed by atoms with Crippen LogP contribution in [0.15, 0.2) is 48.5 Å². The van der Waals surface area contributed by atoms with Crippen molar-refractivity contribution >= 4 is 35.0 Å². The maximum atomic E-state index is 13.1. The number of nitrogens with one attached hydrogen (secondary N) is 1. The first-order valence-corrected chi connectivity index (χ1v) is 10.8. The predicted octanol–water partition coefficient (Wildman–Crippen LogP) is 5.09. The first-order valence-electron chi connectivity index (χ1n) is 10.1. The quantitative estimate of drug-likeness (QED) is 0.547. The van der Waals surface area contributed by atoms with Crippen molar-refractivity contribution in [3.05, 3.63) is 64.1 Å². The van der Waals surface area contributed by atoms with Gasteiger partial charge in [-0.25, -0.2) is 0 Å². The number of carbonyl (C=O) groups is 2. The molecule has 0 bridgehead atoms. The van der Waals surface area contributed by atoms with Crippen LogP contribution < -0.4 is 10.1 Å². The summed E-state index contributed by atoms with van der Waals surface area (Å²) in [5, 5.41) is 3.93. The Morgan fingerprint density at radius 3 is 2.23 bits per heavy atom. The lowest BCUT2D eigenvalue weighted by Crippen LogP contribution is -2.51. The molecule has 0 radical (unpaired) electrons. The Morgan fingerprint density at radius 2 is 1.63 bits per heavy atom. The molecule has 2 rings (SSSR count). The van der Waals surface area contributed by atoms with E-state index in [2.05, 4.69) is 5.32 Å². The molecular weight excluding hydrogens is 423 g/mol. The molecule has 0 aliphatic heterocycles. The number of para-hydroxylation sites is 1. The molecule has 30 heavy (non-hydrogen) atoms. The molecule has 5 nitrogen and oxygen atoms in total. The molecule has 0 saturated carbocycles. The van der Waals surface area contributed by atoms with Crippen molar-refractivity contribution in [2.45, 2.75) is 52.2 Å². The average molecular weight is 451 g/mol. The summed E-state index contributed by atoms with van der Waals surface area (Å²) in [5.74, 6) is -0.0895. The van der Waals surface area contributed by atoms with Crippen LogP contribution in [0.1, 0.15) is 39.2 Å². The predicted molar refractivity (Wildman–Crippen MR) is 121 cm³/mol. The molecular formula is C23H28Cl2N2O3. The zero-order chi connectivity index (χ0) is 22.1. The Morgan fingerprint density at radius 1 is 1.00 bits per heavy atom. The molecule has 2 atom stereocenters. The lowest BCUT2D eigenvalue weighted by Gasteiger charge is -2.31. The van der Waals surface area contributed by atoms with Crippen molar-refractivity contribution in [1.82, 2.24) is 10.2 Å². The highest BCUT2D eigenvalue weighted by Crippen LogP contribution is 2.24. The Labute approximate surface area is 188 Å². The number of nitrogens with zero attached hydrogens (tertiary/aromatic N) is 1. The molecule has 2 amide bonds. The average Bonchev–Trinajstić information content (AvgIpc) is 2.74. The van der Waals surface area contributed by atoms with Gasteiger partial charge in [0.2, 0.25) is 5.91 Å². The van der Waals surface area contributed by atoms with E-state index in [4.69, 9.17) is 27.9 Å². The molecule has 7 heteroatoms. The third-order valence-corrected chi connectivity index (χ3v) is 5.55. The normalized spacial score (nSPS) is 12.7. The Hall–Kier alpha value is -2.24. The molecule has 0 spiro atoms. The summed E-state index contributed by atoms with van der Waals surface area (Å²) in [6, 6.07) is 13.6. The fraction of sp³-hybridized carbons (Fsp3) is 0.391. The fourth-order valence-corrected chi connectivity index (χ4v) is 3.34. The van der Waals surface area contributed by atoms with Crippen LogP contribution in [0, 0.1) is 0 Å². The van der Waals surface area contributed by atoms with Crippen LogP contribution in [0.2, 0.25) is 10.0 Å². The summed E-state index contributed by atoms with van der Waals surface area (Å²) in [6.45, 7) is 5.78. The highest BCUT2D eigenvalue weighted by molar-refractivity contribution is 6.32. The van der Waals surface area contributed by atoms with Gasteiger partial charge in [0.15, 0.2) is 6.61 Å². The Balaban J connectivity index is 2.24. The minimum Gasteiger partial charge on any atom is -0.482 e. The molecule has 0 saturated heterocycles. The van der Waals surface area contributed by atoms with Crippen LogP contribution in [0.5, 0.6) is 5.75 Å². The molecule has 0 aliphatic carbocycles. The minimum absolute atomic E-state index is 0.0168. The van der Waals surface area contributed by atoms with E-state index in [0.29, 0.717) is 22.2 Å². The van der Waals surface area contributed by atoms with Gasteiger partial charge in [-0.15, -0.1) is 0 Å². The molecule has 2 aromatic carbocycles. The summed E-state index contributed by atoms with van der Waals surface area (Å²) < 4.78 is 5.64. The van der Waals surface area contributed by atoms with Gasteiger partial charge in [-0.3, -0.25) is 9.59 Å². The van der Waals surface area contributed by atoms with Crippen molar-refractivity contribution < 1.29 is 14.3 Å². The monoisotopic (exact) mass is 450 g/mol. The van der Waals surface area contributed by atoms with Gasteiger partial charge >= 0.3 is 0 Å². The first-order chi connectivity index (χ1) is 14.4. The van der Waals surface area contributed by atoms with Crippen LogP contribution in [0.4, 0.5) is 0 Å². The van der Waals surface area contributed by atoms with Gasteiger partial charge in [0.25, 0.3) is 5.91 Å². The van der Waals surface area contributed by atoms with Crippen LogP contribution in [-0.2, 0) is 16.1 Å².